The largest absolute Gasteiger partial charge is 0.356 e. The lowest BCUT2D eigenvalue weighted by molar-refractivity contribution is 0.202. The van der Waals surface area contributed by atoms with Crippen molar-refractivity contribution in [2.45, 2.75) is 32.1 Å². The first-order chi connectivity index (χ1) is 8.33. The van der Waals surface area contributed by atoms with Gasteiger partial charge in [-0.15, -0.1) is 0 Å². The monoisotopic (exact) mass is 233 g/mol. The SMILES string of the molecule is O=c1cc(N2CCC3CCCCC3C2)nc[nH]1. The molecule has 0 amide bonds. The van der Waals surface area contributed by atoms with Crippen LogP contribution in [0, 0.1) is 11.8 Å². The molecule has 0 radical (unpaired) electrons. The average Bonchev–Trinajstić information content (AvgIpc) is 2.38. The second-order valence-corrected chi connectivity index (χ2v) is 5.31. The second-order valence-electron chi connectivity index (χ2n) is 5.31. The van der Waals surface area contributed by atoms with Gasteiger partial charge in [-0.25, -0.2) is 4.98 Å². The zero-order chi connectivity index (χ0) is 11.7. The van der Waals surface area contributed by atoms with E-state index in [4.69, 9.17) is 0 Å². The Hall–Kier alpha value is -1.32. The molecule has 4 heteroatoms. The van der Waals surface area contributed by atoms with Crippen LogP contribution in [-0.2, 0) is 0 Å². The predicted octanol–water partition coefficient (Wildman–Crippen LogP) is 1.79. The first kappa shape index (κ1) is 10.8. The van der Waals surface area contributed by atoms with E-state index < -0.39 is 0 Å². The molecule has 2 atom stereocenters. The molecule has 1 saturated carbocycles. The van der Waals surface area contributed by atoms with Crippen molar-refractivity contribution < 1.29 is 0 Å². The van der Waals surface area contributed by atoms with E-state index in [0.29, 0.717) is 0 Å². The summed E-state index contributed by atoms with van der Waals surface area (Å²) in [7, 11) is 0. The van der Waals surface area contributed by atoms with Crippen molar-refractivity contribution in [3.05, 3.63) is 22.7 Å². The molecule has 92 valence electrons. The maximum Gasteiger partial charge on any atom is 0.252 e. The van der Waals surface area contributed by atoms with Gasteiger partial charge in [-0.2, -0.15) is 0 Å². The smallest absolute Gasteiger partial charge is 0.252 e. The van der Waals surface area contributed by atoms with E-state index in [1.165, 1.54) is 38.4 Å². The molecular formula is C13H19N3O. The zero-order valence-electron chi connectivity index (χ0n) is 10.1. The Morgan fingerprint density at radius 3 is 2.88 bits per heavy atom. The van der Waals surface area contributed by atoms with Crippen molar-refractivity contribution in [1.29, 1.82) is 0 Å². The van der Waals surface area contributed by atoms with Crippen molar-refractivity contribution in [1.82, 2.24) is 9.97 Å². The third-order valence-electron chi connectivity index (χ3n) is 4.28. The molecular weight excluding hydrogens is 214 g/mol. The Morgan fingerprint density at radius 1 is 1.24 bits per heavy atom. The number of rotatable bonds is 1. The van der Waals surface area contributed by atoms with E-state index in [2.05, 4.69) is 14.9 Å². The fraction of sp³-hybridized carbons (Fsp3) is 0.692. The van der Waals surface area contributed by atoms with E-state index in [9.17, 15) is 4.79 Å². The molecule has 1 aromatic rings. The van der Waals surface area contributed by atoms with Crippen LogP contribution in [0.15, 0.2) is 17.2 Å². The summed E-state index contributed by atoms with van der Waals surface area (Å²) in [6.45, 7) is 2.14. The van der Waals surface area contributed by atoms with E-state index in [1.54, 1.807) is 6.07 Å². The number of nitrogens with zero attached hydrogens (tertiary/aromatic N) is 2. The molecule has 17 heavy (non-hydrogen) atoms. The highest BCUT2D eigenvalue weighted by Crippen LogP contribution is 2.36. The van der Waals surface area contributed by atoms with Crippen molar-refractivity contribution in [3.8, 4) is 0 Å². The Bertz CT molecular complexity index is 442. The van der Waals surface area contributed by atoms with Gasteiger partial charge in [0.25, 0.3) is 5.56 Å². The predicted molar refractivity (Wildman–Crippen MR) is 67.1 cm³/mol. The van der Waals surface area contributed by atoms with Gasteiger partial charge in [-0.05, 0) is 24.7 Å². The minimum Gasteiger partial charge on any atom is -0.356 e. The number of anilines is 1. The normalized spacial score (nSPS) is 28.8. The number of H-pyrrole nitrogens is 1. The minimum absolute atomic E-state index is 0.0548. The van der Waals surface area contributed by atoms with Crippen LogP contribution in [0.1, 0.15) is 32.1 Å². The van der Waals surface area contributed by atoms with Crippen molar-refractivity contribution in [2.24, 2.45) is 11.8 Å². The first-order valence-corrected chi connectivity index (χ1v) is 6.62. The number of hydrogen-bond acceptors (Lipinski definition) is 3. The fourth-order valence-corrected chi connectivity index (χ4v) is 3.34. The van der Waals surface area contributed by atoms with Gasteiger partial charge in [0.15, 0.2) is 0 Å². The Balaban J connectivity index is 1.75. The van der Waals surface area contributed by atoms with Crippen LogP contribution in [0.3, 0.4) is 0 Å². The van der Waals surface area contributed by atoms with Crippen LogP contribution < -0.4 is 10.5 Å². The molecule has 4 nitrogen and oxygen atoms in total. The number of aromatic amines is 1. The third-order valence-corrected chi connectivity index (χ3v) is 4.28. The quantitative estimate of drug-likeness (QED) is 0.804. The van der Waals surface area contributed by atoms with Gasteiger partial charge in [-0.3, -0.25) is 4.79 Å². The molecule has 3 rings (SSSR count). The molecule has 1 saturated heterocycles. The standard InChI is InChI=1S/C13H19N3O/c17-13-7-12(14-9-15-13)16-6-5-10-3-1-2-4-11(10)8-16/h7,9-11H,1-6,8H2,(H,14,15,17). The van der Waals surface area contributed by atoms with Gasteiger partial charge in [-0.1, -0.05) is 19.3 Å². The molecule has 0 aromatic carbocycles. The molecule has 2 unspecified atom stereocenters. The first-order valence-electron chi connectivity index (χ1n) is 6.62. The van der Waals surface area contributed by atoms with Crippen molar-refractivity contribution in [3.63, 3.8) is 0 Å². The fourth-order valence-electron chi connectivity index (χ4n) is 3.34. The van der Waals surface area contributed by atoms with Gasteiger partial charge in [0.2, 0.25) is 0 Å². The summed E-state index contributed by atoms with van der Waals surface area (Å²) >= 11 is 0. The van der Waals surface area contributed by atoms with Crippen LogP contribution in [0.2, 0.25) is 0 Å². The highest BCUT2D eigenvalue weighted by Gasteiger charge is 2.31. The number of aromatic nitrogens is 2. The lowest BCUT2D eigenvalue weighted by Crippen LogP contribution is -2.42. The van der Waals surface area contributed by atoms with Gasteiger partial charge in [0, 0.05) is 19.2 Å². The maximum atomic E-state index is 11.3. The van der Waals surface area contributed by atoms with Crippen molar-refractivity contribution in [2.75, 3.05) is 18.0 Å². The summed E-state index contributed by atoms with van der Waals surface area (Å²) in [6.07, 6.45) is 8.30. The van der Waals surface area contributed by atoms with Crippen LogP contribution in [0.25, 0.3) is 0 Å². The van der Waals surface area contributed by atoms with E-state index in [-0.39, 0.29) is 5.56 Å². The minimum atomic E-state index is -0.0548. The molecule has 1 aliphatic heterocycles. The Morgan fingerprint density at radius 2 is 2.06 bits per heavy atom. The summed E-state index contributed by atoms with van der Waals surface area (Å²) in [5, 5.41) is 0. The number of piperidine rings is 1. The summed E-state index contributed by atoms with van der Waals surface area (Å²) in [5.74, 6) is 2.58. The molecule has 2 heterocycles. The Labute approximate surface area is 101 Å². The zero-order valence-corrected chi connectivity index (χ0v) is 10.1. The summed E-state index contributed by atoms with van der Waals surface area (Å²) in [5.41, 5.74) is -0.0548. The van der Waals surface area contributed by atoms with Crippen LogP contribution in [0.5, 0.6) is 0 Å². The van der Waals surface area contributed by atoms with E-state index >= 15 is 0 Å². The molecule has 0 bridgehead atoms. The van der Waals surface area contributed by atoms with Crippen LogP contribution in [-0.4, -0.2) is 23.1 Å². The lowest BCUT2D eigenvalue weighted by Gasteiger charge is -2.41. The molecule has 1 N–H and O–H groups in total. The van der Waals surface area contributed by atoms with Gasteiger partial charge in [0.05, 0.1) is 6.33 Å². The van der Waals surface area contributed by atoms with Crippen LogP contribution in [0.4, 0.5) is 5.82 Å². The van der Waals surface area contributed by atoms with Gasteiger partial charge in [0.1, 0.15) is 5.82 Å². The number of fused-ring (bicyclic) bond motifs is 1. The second kappa shape index (κ2) is 4.51. The topological polar surface area (TPSA) is 49.0 Å². The molecule has 1 aliphatic carbocycles. The van der Waals surface area contributed by atoms with Gasteiger partial charge < -0.3 is 9.88 Å². The third kappa shape index (κ3) is 2.21. The lowest BCUT2D eigenvalue weighted by atomic mass is 9.75. The highest BCUT2D eigenvalue weighted by atomic mass is 16.1. The molecule has 2 aliphatic rings. The highest BCUT2D eigenvalue weighted by molar-refractivity contribution is 5.37. The van der Waals surface area contributed by atoms with Crippen molar-refractivity contribution >= 4 is 5.82 Å². The van der Waals surface area contributed by atoms with Crippen LogP contribution >= 0.6 is 0 Å². The summed E-state index contributed by atoms with van der Waals surface area (Å²) < 4.78 is 0. The number of nitrogens with one attached hydrogen (secondary N) is 1. The Kier molecular flexibility index (Phi) is 2.87. The maximum absolute atomic E-state index is 11.3. The van der Waals surface area contributed by atoms with Gasteiger partial charge >= 0.3 is 0 Å². The van der Waals surface area contributed by atoms with E-state index in [0.717, 1.165) is 30.7 Å². The molecule has 1 aromatic heterocycles. The summed E-state index contributed by atoms with van der Waals surface area (Å²) in [4.78, 5) is 20.4. The van der Waals surface area contributed by atoms with E-state index in [1.807, 2.05) is 0 Å². The number of hydrogen-bond donors (Lipinski definition) is 1. The molecule has 0 spiro atoms. The average molecular weight is 233 g/mol. The summed E-state index contributed by atoms with van der Waals surface area (Å²) in [6, 6.07) is 1.61. The molecule has 2 fully saturated rings.